The van der Waals surface area contributed by atoms with Gasteiger partial charge >= 0.3 is 5.69 Å². The van der Waals surface area contributed by atoms with Crippen molar-refractivity contribution in [1.29, 1.82) is 0 Å². The van der Waals surface area contributed by atoms with E-state index in [0.29, 0.717) is 18.1 Å². The molecule has 0 unspecified atom stereocenters. The molecule has 0 radical (unpaired) electrons. The van der Waals surface area contributed by atoms with Crippen LogP contribution >= 0.6 is 0 Å². The monoisotopic (exact) mass is 398 g/mol. The van der Waals surface area contributed by atoms with Gasteiger partial charge in [0.2, 0.25) is 5.82 Å². The molecule has 1 atom stereocenters. The summed E-state index contributed by atoms with van der Waals surface area (Å²) in [6, 6.07) is 12.1. The van der Waals surface area contributed by atoms with Crippen molar-refractivity contribution in [3.05, 3.63) is 75.9 Å². The highest BCUT2D eigenvalue weighted by Crippen LogP contribution is 2.41. The highest BCUT2D eigenvalue weighted by Gasteiger charge is 2.34. The highest BCUT2D eigenvalue weighted by atomic mass is 19.1. The minimum absolute atomic E-state index is 0.0297. The maximum absolute atomic E-state index is 14.1. The molecule has 0 spiro atoms. The molecule has 2 aliphatic heterocycles. The molecule has 0 amide bonds. The largest absolute Gasteiger partial charge is 0.494 e. The van der Waals surface area contributed by atoms with Gasteiger partial charge in [0.05, 0.1) is 30.4 Å². The Morgan fingerprint density at radius 2 is 2.10 bits per heavy atom. The van der Waals surface area contributed by atoms with E-state index in [1.165, 1.54) is 7.11 Å². The van der Waals surface area contributed by atoms with Crippen molar-refractivity contribution in [3.8, 4) is 5.75 Å². The lowest BCUT2D eigenvalue weighted by Crippen LogP contribution is -2.37. The molecule has 2 aromatic carbocycles. The van der Waals surface area contributed by atoms with Gasteiger partial charge in [-0.2, -0.15) is 4.39 Å². The number of anilines is 1. The van der Waals surface area contributed by atoms with Gasteiger partial charge in [0.1, 0.15) is 18.2 Å². The van der Waals surface area contributed by atoms with Crippen molar-refractivity contribution in [3.63, 3.8) is 0 Å². The third-order valence-electron chi connectivity index (χ3n) is 4.88. The molecular weight excluding hydrogens is 379 g/mol. The summed E-state index contributed by atoms with van der Waals surface area (Å²) in [7, 11) is 1.39. The summed E-state index contributed by atoms with van der Waals surface area (Å²) < 4.78 is 19.4. The van der Waals surface area contributed by atoms with Crippen molar-refractivity contribution in [2.75, 3.05) is 25.3 Å². The number of hydroxylamine groups is 2. The van der Waals surface area contributed by atoms with Crippen LogP contribution in [0.4, 0.5) is 15.8 Å². The average Bonchev–Trinajstić information content (AvgIpc) is 3.23. The van der Waals surface area contributed by atoms with Gasteiger partial charge in [-0.25, -0.2) is 5.06 Å². The molecule has 0 aliphatic carbocycles. The van der Waals surface area contributed by atoms with E-state index in [9.17, 15) is 14.5 Å². The van der Waals surface area contributed by atoms with Crippen molar-refractivity contribution in [1.82, 2.24) is 5.06 Å². The number of ether oxygens (including phenoxy) is 1. The second-order valence-corrected chi connectivity index (χ2v) is 6.53. The molecule has 2 aromatic rings. The topological polar surface area (TPSA) is 80.4 Å². The standard InChI is InChI=1S/C20H19FN4O4/c1-28-19-11-15(21)17(25(26)27)12-18(19)23-13-22-9-7-20(23)24-16(8-10-29-24)14-5-3-2-4-6-14/h2-7,9,11-12,16H,8,10,13H2,1H3/t16-/m1/s1. The molecule has 1 fully saturated rings. The van der Waals surface area contributed by atoms with E-state index < -0.39 is 16.4 Å². The Labute approximate surface area is 166 Å². The third kappa shape index (κ3) is 3.52. The fourth-order valence-corrected chi connectivity index (χ4v) is 3.52. The van der Waals surface area contributed by atoms with Gasteiger partial charge in [0.15, 0.2) is 0 Å². The fourth-order valence-electron chi connectivity index (χ4n) is 3.52. The molecule has 0 N–H and O–H groups in total. The van der Waals surface area contributed by atoms with E-state index in [4.69, 9.17) is 9.57 Å². The Morgan fingerprint density at radius 3 is 2.83 bits per heavy atom. The van der Waals surface area contributed by atoms with Gasteiger partial charge < -0.3 is 9.64 Å². The van der Waals surface area contributed by atoms with Gasteiger partial charge in [0.25, 0.3) is 0 Å². The highest BCUT2D eigenvalue weighted by molar-refractivity contribution is 5.77. The molecule has 150 valence electrons. The average molecular weight is 398 g/mol. The number of halogens is 1. The summed E-state index contributed by atoms with van der Waals surface area (Å²) in [5.74, 6) is -0.140. The first kappa shape index (κ1) is 18.9. The zero-order chi connectivity index (χ0) is 20.4. The molecule has 8 nitrogen and oxygen atoms in total. The third-order valence-corrected chi connectivity index (χ3v) is 4.88. The van der Waals surface area contributed by atoms with Gasteiger partial charge in [-0.15, -0.1) is 0 Å². The number of aliphatic imine (C=N–C) groups is 1. The van der Waals surface area contributed by atoms with E-state index in [2.05, 4.69) is 4.99 Å². The minimum atomic E-state index is -0.957. The Hall–Kier alpha value is -3.46. The summed E-state index contributed by atoms with van der Waals surface area (Å²) >= 11 is 0. The molecule has 0 aromatic heterocycles. The first-order valence-corrected chi connectivity index (χ1v) is 9.07. The predicted octanol–water partition coefficient (Wildman–Crippen LogP) is 3.81. The number of hydrogen-bond acceptors (Lipinski definition) is 7. The molecule has 2 aliphatic rings. The molecule has 0 bridgehead atoms. The van der Waals surface area contributed by atoms with Crippen LogP contribution in [0.15, 0.2) is 59.4 Å². The quantitative estimate of drug-likeness (QED) is 0.563. The van der Waals surface area contributed by atoms with Gasteiger partial charge in [0, 0.05) is 24.8 Å². The maximum atomic E-state index is 14.1. The first-order valence-electron chi connectivity index (χ1n) is 9.07. The van der Waals surface area contributed by atoms with Gasteiger partial charge in [-0.1, -0.05) is 30.3 Å². The smallest absolute Gasteiger partial charge is 0.307 e. The number of nitro benzene ring substituents is 1. The number of benzene rings is 2. The SMILES string of the molecule is COc1cc(F)c([N+](=O)[O-])cc1N1CN=CC=C1N1OCC[C@@H]1c1ccccc1. The van der Waals surface area contributed by atoms with Gasteiger partial charge in [-0.05, 0) is 11.6 Å². The fraction of sp³-hybridized carbons (Fsp3) is 0.250. The predicted molar refractivity (Wildman–Crippen MR) is 105 cm³/mol. The Balaban J connectivity index is 1.75. The Morgan fingerprint density at radius 1 is 1.31 bits per heavy atom. The molecule has 9 heteroatoms. The molecule has 2 heterocycles. The van der Waals surface area contributed by atoms with E-state index in [0.717, 1.165) is 24.1 Å². The van der Waals surface area contributed by atoms with E-state index >= 15 is 0 Å². The maximum Gasteiger partial charge on any atom is 0.307 e. The summed E-state index contributed by atoms with van der Waals surface area (Å²) in [5.41, 5.74) is 0.799. The summed E-state index contributed by atoms with van der Waals surface area (Å²) in [6.45, 7) is 0.717. The molecule has 0 saturated carbocycles. The van der Waals surface area contributed by atoms with E-state index in [1.807, 2.05) is 30.3 Å². The summed E-state index contributed by atoms with van der Waals surface area (Å²) in [5, 5.41) is 13.0. The second kappa shape index (κ2) is 7.88. The van der Waals surface area contributed by atoms with Crippen molar-refractivity contribution < 1.29 is 18.9 Å². The molecular formula is C20H19FN4O4. The van der Waals surface area contributed by atoms with Crippen LogP contribution in [0.3, 0.4) is 0 Å². The minimum Gasteiger partial charge on any atom is -0.494 e. The molecule has 1 saturated heterocycles. The van der Waals surface area contributed by atoms with Crippen LogP contribution in [0, 0.1) is 15.9 Å². The number of rotatable bonds is 5. The van der Waals surface area contributed by atoms with Crippen LogP contribution in [0.5, 0.6) is 5.75 Å². The van der Waals surface area contributed by atoms with Crippen LogP contribution in [0.25, 0.3) is 0 Å². The van der Waals surface area contributed by atoms with Crippen molar-refractivity contribution in [2.24, 2.45) is 4.99 Å². The number of nitro groups is 1. The first-order chi connectivity index (χ1) is 14.1. The lowest BCUT2D eigenvalue weighted by molar-refractivity contribution is -0.387. The van der Waals surface area contributed by atoms with E-state index in [1.54, 1.807) is 22.3 Å². The molecule has 29 heavy (non-hydrogen) atoms. The van der Waals surface area contributed by atoms with Crippen LogP contribution in [0.1, 0.15) is 18.0 Å². The van der Waals surface area contributed by atoms with Crippen LogP contribution in [-0.4, -0.2) is 36.6 Å². The number of hydrogen-bond donors (Lipinski definition) is 0. The Kier molecular flexibility index (Phi) is 5.13. The zero-order valence-corrected chi connectivity index (χ0v) is 15.7. The van der Waals surface area contributed by atoms with Crippen molar-refractivity contribution >= 4 is 17.6 Å². The number of methoxy groups -OCH3 is 1. The van der Waals surface area contributed by atoms with Crippen molar-refractivity contribution in [2.45, 2.75) is 12.5 Å². The van der Waals surface area contributed by atoms with Crippen LogP contribution in [-0.2, 0) is 4.84 Å². The Bertz CT molecular complexity index is 980. The normalized spacial score (nSPS) is 18.7. The lowest BCUT2D eigenvalue weighted by Gasteiger charge is -2.36. The molecule has 4 rings (SSSR count). The van der Waals surface area contributed by atoms with Crippen LogP contribution in [0.2, 0.25) is 0 Å². The second-order valence-electron chi connectivity index (χ2n) is 6.53. The summed E-state index contributed by atoms with van der Waals surface area (Å²) in [6.07, 6.45) is 4.20. The number of allylic oxidation sites excluding steroid dienone is 1. The zero-order valence-electron chi connectivity index (χ0n) is 15.7. The summed E-state index contributed by atoms with van der Waals surface area (Å²) in [4.78, 5) is 22.4. The van der Waals surface area contributed by atoms with E-state index in [-0.39, 0.29) is 18.5 Å². The lowest BCUT2D eigenvalue weighted by atomic mass is 10.0. The number of nitrogens with zero attached hydrogens (tertiary/aromatic N) is 4. The van der Waals surface area contributed by atoms with Crippen LogP contribution < -0.4 is 9.64 Å². The van der Waals surface area contributed by atoms with Gasteiger partial charge in [-0.3, -0.25) is 19.9 Å².